The van der Waals surface area contributed by atoms with E-state index < -0.39 is 0 Å². The first-order valence-corrected chi connectivity index (χ1v) is 13.5. The molecule has 0 saturated heterocycles. The molecule has 7 heteroatoms. The van der Waals surface area contributed by atoms with Gasteiger partial charge in [-0.2, -0.15) is 0 Å². The summed E-state index contributed by atoms with van der Waals surface area (Å²) in [6, 6.07) is 14.1. The highest BCUT2D eigenvalue weighted by atomic mass is 32.2. The van der Waals surface area contributed by atoms with Gasteiger partial charge in [0.2, 0.25) is 5.91 Å². The van der Waals surface area contributed by atoms with Gasteiger partial charge in [-0.05, 0) is 80.8 Å². The van der Waals surface area contributed by atoms with Gasteiger partial charge in [-0.15, -0.1) is 10.2 Å². The van der Waals surface area contributed by atoms with Crippen molar-refractivity contribution < 1.29 is 9.21 Å². The number of thioether (sulfide) groups is 1. The molecule has 7 rings (SSSR count). The van der Waals surface area contributed by atoms with Crippen LogP contribution in [0.15, 0.2) is 58.3 Å². The van der Waals surface area contributed by atoms with Gasteiger partial charge in [0.05, 0.1) is 18.6 Å². The van der Waals surface area contributed by atoms with Gasteiger partial charge in [0.1, 0.15) is 5.76 Å². The maximum atomic E-state index is 13.0. The largest absolute Gasteiger partial charge is 0.467 e. The van der Waals surface area contributed by atoms with Crippen molar-refractivity contribution in [1.82, 2.24) is 20.1 Å². The first kappa shape index (κ1) is 22.0. The Labute approximate surface area is 204 Å². The molecule has 1 atom stereocenters. The van der Waals surface area contributed by atoms with Crippen molar-refractivity contribution in [3.63, 3.8) is 0 Å². The van der Waals surface area contributed by atoms with Gasteiger partial charge >= 0.3 is 0 Å². The van der Waals surface area contributed by atoms with Gasteiger partial charge in [-0.25, -0.2) is 0 Å². The Morgan fingerprint density at radius 1 is 1.09 bits per heavy atom. The van der Waals surface area contributed by atoms with E-state index in [9.17, 15) is 4.79 Å². The standard InChI is InChI=1S/C27H32N4O2S/c1-18(27-13-19-10-20(14-27)12-21(11-19)15-27)28-24(32)17-34-26-30-29-25(22-6-3-2-4-7-22)31(26)16-23-8-5-9-33-23/h2-9,18-21H,10-17H2,1H3,(H,28,32)/t18-,19?,20?,21?,27?/m0/s1. The van der Waals surface area contributed by atoms with Crippen LogP contribution in [0.1, 0.15) is 51.2 Å². The predicted molar refractivity (Wildman–Crippen MR) is 132 cm³/mol. The lowest BCUT2D eigenvalue weighted by molar-refractivity contribution is -0.123. The molecule has 4 fully saturated rings. The van der Waals surface area contributed by atoms with Crippen LogP contribution >= 0.6 is 11.8 Å². The molecule has 4 aliphatic carbocycles. The lowest BCUT2D eigenvalue weighted by atomic mass is 9.48. The van der Waals surface area contributed by atoms with Gasteiger partial charge in [0.25, 0.3) is 0 Å². The number of nitrogens with zero attached hydrogens (tertiary/aromatic N) is 3. The highest BCUT2D eigenvalue weighted by molar-refractivity contribution is 7.99. The summed E-state index contributed by atoms with van der Waals surface area (Å²) >= 11 is 1.45. The fraction of sp³-hybridized carbons (Fsp3) is 0.519. The van der Waals surface area contributed by atoms with E-state index in [1.807, 2.05) is 47.0 Å². The van der Waals surface area contributed by atoms with Crippen LogP contribution in [0.5, 0.6) is 0 Å². The molecular formula is C27H32N4O2S. The SMILES string of the molecule is C[C@H](NC(=O)CSc1nnc(-c2ccccc2)n1Cc1ccco1)C12CC3CC(CC(C3)C1)C2. The Balaban J connectivity index is 1.14. The maximum Gasteiger partial charge on any atom is 0.230 e. The van der Waals surface area contributed by atoms with Crippen LogP contribution in [0, 0.1) is 23.2 Å². The lowest BCUT2D eigenvalue weighted by Crippen LogP contribution is -2.56. The second-order valence-electron chi connectivity index (χ2n) is 10.7. The Morgan fingerprint density at radius 3 is 2.44 bits per heavy atom. The molecule has 0 spiro atoms. The summed E-state index contributed by atoms with van der Waals surface area (Å²) in [7, 11) is 0. The predicted octanol–water partition coefficient (Wildman–Crippen LogP) is 5.40. The summed E-state index contributed by atoms with van der Waals surface area (Å²) < 4.78 is 7.62. The minimum atomic E-state index is 0.0852. The van der Waals surface area contributed by atoms with E-state index in [1.54, 1.807) is 6.26 Å². The Morgan fingerprint density at radius 2 is 1.79 bits per heavy atom. The zero-order valence-corrected chi connectivity index (χ0v) is 20.5. The molecule has 2 aromatic heterocycles. The van der Waals surface area contributed by atoms with Crippen LogP contribution in [-0.4, -0.2) is 32.5 Å². The second kappa shape index (κ2) is 8.91. The summed E-state index contributed by atoms with van der Waals surface area (Å²) in [5.74, 6) is 4.69. The highest BCUT2D eigenvalue weighted by Crippen LogP contribution is 2.61. The van der Waals surface area contributed by atoms with Crippen LogP contribution in [-0.2, 0) is 11.3 Å². The average molecular weight is 477 g/mol. The van der Waals surface area contributed by atoms with Crippen molar-refractivity contribution in [3.8, 4) is 11.4 Å². The molecule has 6 nitrogen and oxygen atoms in total. The quantitative estimate of drug-likeness (QED) is 0.441. The van der Waals surface area contributed by atoms with Crippen molar-refractivity contribution in [2.24, 2.45) is 23.2 Å². The zero-order valence-electron chi connectivity index (χ0n) is 19.7. The summed E-state index contributed by atoms with van der Waals surface area (Å²) in [6.45, 7) is 2.76. The van der Waals surface area contributed by atoms with Crippen molar-refractivity contribution in [2.75, 3.05) is 5.75 Å². The third-order valence-corrected chi connectivity index (χ3v) is 9.32. The molecule has 4 saturated carbocycles. The van der Waals surface area contributed by atoms with Crippen LogP contribution < -0.4 is 5.32 Å². The number of hydrogen-bond donors (Lipinski definition) is 1. The van der Waals surface area contributed by atoms with Crippen molar-refractivity contribution in [3.05, 3.63) is 54.5 Å². The van der Waals surface area contributed by atoms with Crippen LogP contribution in [0.25, 0.3) is 11.4 Å². The number of rotatable bonds is 8. The molecule has 0 radical (unpaired) electrons. The van der Waals surface area contributed by atoms with E-state index in [1.165, 1.54) is 50.3 Å². The summed E-state index contributed by atoms with van der Waals surface area (Å²) in [6.07, 6.45) is 9.83. The van der Waals surface area contributed by atoms with E-state index in [4.69, 9.17) is 4.42 Å². The summed E-state index contributed by atoms with van der Waals surface area (Å²) in [4.78, 5) is 13.0. The fourth-order valence-electron chi connectivity index (χ4n) is 7.17. The van der Waals surface area contributed by atoms with E-state index >= 15 is 0 Å². The molecule has 4 aliphatic rings. The lowest BCUT2D eigenvalue weighted by Gasteiger charge is -2.59. The van der Waals surface area contributed by atoms with Crippen molar-refractivity contribution in [1.29, 1.82) is 0 Å². The zero-order chi connectivity index (χ0) is 23.1. The molecule has 1 aromatic carbocycles. The minimum absolute atomic E-state index is 0.0852. The molecular weight excluding hydrogens is 444 g/mol. The molecule has 178 valence electrons. The first-order valence-electron chi connectivity index (χ1n) is 12.5. The molecule has 4 bridgehead atoms. The summed E-state index contributed by atoms with van der Waals surface area (Å²) in [5.41, 5.74) is 1.31. The van der Waals surface area contributed by atoms with E-state index in [-0.39, 0.29) is 11.9 Å². The van der Waals surface area contributed by atoms with Crippen LogP contribution in [0.3, 0.4) is 0 Å². The average Bonchev–Trinajstić information content (AvgIpc) is 3.48. The third kappa shape index (κ3) is 4.19. The van der Waals surface area contributed by atoms with E-state index in [0.717, 1.165) is 40.1 Å². The second-order valence-corrected chi connectivity index (χ2v) is 11.6. The Kier molecular flexibility index (Phi) is 5.76. The number of nitrogens with one attached hydrogen (secondary N) is 1. The normalized spacial score (nSPS) is 28.2. The fourth-order valence-corrected chi connectivity index (χ4v) is 7.92. The number of aromatic nitrogens is 3. The van der Waals surface area contributed by atoms with Crippen LogP contribution in [0.2, 0.25) is 0 Å². The van der Waals surface area contributed by atoms with Gasteiger partial charge < -0.3 is 9.73 Å². The smallest absolute Gasteiger partial charge is 0.230 e. The topological polar surface area (TPSA) is 73.0 Å². The molecule has 0 aliphatic heterocycles. The molecule has 1 N–H and O–H groups in total. The number of amides is 1. The van der Waals surface area contributed by atoms with E-state index in [0.29, 0.717) is 17.7 Å². The Hall–Kier alpha value is -2.54. The molecule has 0 unspecified atom stereocenters. The van der Waals surface area contributed by atoms with Gasteiger partial charge in [0.15, 0.2) is 11.0 Å². The van der Waals surface area contributed by atoms with Gasteiger partial charge in [-0.3, -0.25) is 9.36 Å². The molecule has 34 heavy (non-hydrogen) atoms. The summed E-state index contributed by atoms with van der Waals surface area (Å²) in [5, 5.41) is 13.0. The minimum Gasteiger partial charge on any atom is -0.467 e. The number of hydrogen-bond acceptors (Lipinski definition) is 5. The number of benzene rings is 1. The number of furan rings is 1. The third-order valence-electron chi connectivity index (χ3n) is 8.36. The highest BCUT2D eigenvalue weighted by Gasteiger charge is 2.53. The Bertz CT molecular complexity index is 1110. The van der Waals surface area contributed by atoms with Crippen LogP contribution in [0.4, 0.5) is 0 Å². The monoisotopic (exact) mass is 476 g/mol. The van der Waals surface area contributed by atoms with Gasteiger partial charge in [0, 0.05) is 11.6 Å². The van der Waals surface area contributed by atoms with Gasteiger partial charge in [-0.1, -0.05) is 42.1 Å². The molecule has 1 amide bonds. The molecule has 2 heterocycles. The molecule has 3 aromatic rings. The maximum absolute atomic E-state index is 13.0. The number of carbonyl (C=O) groups is 1. The van der Waals surface area contributed by atoms with Crippen molar-refractivity contribution >= 4 is 17.7 Å². The van der Waals surface area contributed by atoms with Crippen molar-refractivity contribution in [2.45, 2.75) is 63.2 Å². The number of carbonyl (C=O) groups excluding carboxylic acids is 1. The van der Waals surface area contributed by atoms with E-state index in [2.05, 4.69) is 22.4 Å². The first-order chi connectivity index (χ1) is 16.6.